The third kappa shape index (κ3) is 2.28. The molecule has 4 rings (SSSR count). The molecule has 0 spiro atoms. The van der Waals surface area contributed by atoms with E-state index in [0.717, 1.165) is 23.4 Å². The molecule has 2 atom stereocenters. The third-order valence-electron chi connectivity index (χ3n) is 4.51. The Morgan fingerprint density at radius 1 is 1.30 bits per heavy atom. The summed E-state index contributed by atoms with van der Waals surface area (Å²) in [6.07, 6.45) is 0.800. The summed E-state index contributed by atoms with van der Waals surface area (Å²) in [5, 5.41) is 4.76. The Balaban J connectivity index is 1.84. The lowest BCUT2D eigenvalue weighted by Crippen LogP contribution is -2.65. The second kappa shape index (κ2) is 5.11. The Labute approximate surface area is 146 Å². The fourth-order valence-electron chi connectivity index (χ4n) is 3.51. The van der Waals surface area contributed by atoms with Crippen molar-refractivity contribution in [2.75, 3.05) is 4.90 Å². The number of thiocarbonyl (C=S) groups is 1. The number of anilines is 1. The van der Waals surface area contributed by atoms with Crippen LogP contribution in [0.15, 0.2) is 42.5 Å². The lowest BCUT2D eigenvalue weighted by Gasteiger charge is -2.52. The van der Waals surface area contributed by atoms with Crippen LogP contribution in [0.25, 0.3) is 0 Å². The Kier molecular flexibility index (Phi) is 3.29. The van der Waals surface area contributed by atoms with Gasteiger partial charge in [0.15, 0.2) is 10.8 Å². The lowest BCUT2D eigenvalue weighted by atomic mass is 9.90. The van der Waals surface area contributed by atoms with E-state index in [1.165, 1.54) is 5.56 Å². The first-order chi connectivity index (χ1) is 11.0. The maximum Gasteiger partial charge on any atom is 0.188 e. The number of rotatable bonds is 1. The van der Waals surface area contributed by atoms with E-state index in [2.05, 4.69) is 42.3 Å². The predicted octanol–water partition coefficient (Wildman–Crippen LogP) is 4.58. The fourth-order valence-corrected chi connectivity index (χ4v) is 4.17. The summed E-state index contributed by atoms with van der Waals surface area (Å²) in [5.74, 6) is 0.751. The van der Waals surface area contributed by atoms with Gasteiger partial charge in [0.25, 0.3) is 0 Å². The van der Waals surface area contributed by atoms with Gasteiger partial charge in [0, 0.05) is 17.7 Å². The molecule has 2 aromatic carbocycles. The van der Waals surface area contributed by atoms with Crippen LogP contribution in [-0.2, 0) is 0 Å². The number of ether oxygens (including phenoxy) is 1. The second-order valence-corrected chi connectivity index (χ2v) is 7.11. The highest BCUT2D eigenvalue weighted by atomic mass is 35.5. The molecule has 0 unspecified atom stereocenters. The van der Waals surface area contributed by atoms with E-state index < -0.39 is 5.72 Å². The Hall–Kier alpha value is -1.78. The van der Waals surface area contributed by atoms with Gasteiger partial charge in [-0.25, -0.2) is 0 Å². The van der Waals surface area contributed by atoms with Crippen LogP contribution in [0.1, 0.15) is 30.5 Å². The number of para-hydroxylation sites is 1. The third-order valence-corrected chi connectivity index (χ3v) is 5.11. The number of benzene rings is 2. The zero-order valence-electron chi connectivity index (χ0n) is 13.0. The fraction of sp³-hybridized carbons (Fsp3) is 0.278. The van der Waals surface area contributed by atoms with Crippen LogP contribution >= 0.6 is 23.8 Å². The zero-order valence-corrected chi connectivity index (χ0v) is 14.5. The van der Waals surface area contributed by atoms with Crippen LogP contribution in [0.4, 0.5) is 5.69 Å². The molecule has 3 nitrogen and oxygen atoms in total. The van der Waals surface area contributed by atoms with Crippen molar-refractivity contribution in [3.63, 3.8) is 0 Å². The van der Waals surface area contributed by atoms with Crippen molar-refractivity contribution < 1.29 is 4.74 Å². The van der Waals surface area contributed by atoms with E-state index in [1.807, 2.05) is 24.3 Å². The van der Waals surface area contributed by atoms with Crippen molar-refractivity contribution in [1.82, 2.24) is 5.32 Å². The van der Waals surface area contributed by atoms with Gasteiger partial charge in [0.1, 0.15) is 5.75 Å². The van der Waals surface area contributed by atoms with Crippen LogP contribution in [0, 0.1) is 6.92 Å². The van der Waals surface area contributed by atoms with Crippen LogP contribution in [0.2, 0.25) is 5.02 Å². The number of hydrogen-bond donors (Lipinski definition) is 1. The molecule has 2 aliphatic rings. The molecule has 2 bridgehead atoms. The first-order valence-electron chi connectivity index (χ1n) is 7.63. The number of halogens is 1. The van der Waals surface area contributed by atoms with Gasteiger partial charge in [-0.1, -0.05) is 35.9 Å². The number of hydrogen-bond acceptors (Lipinski definition) is 2. The van der Waals surface area contributed by atoms with Gasteiger partial charge in [-0.3, -0.25) is 4.90 Å². The minimum atomic E-state index is -0.557. The van der Waals surface area contributed by atoms with Crippen LogP contribution in [-0.4, -0.2) is 10.8 Å². The van der Waals surface area contributed by atoms with Gasteiger partial charge in [0.05, 0.1) is 11.1 Å². The molecule has 1 saturated heterocycles. The van der Waals surface area contributed by atoms with E-state index >= 15 is 0 Å². The Morgan fingerprint density at radius 2 is 2.09 bits per heavy atom. The summed E-state index contributed by atoms with van der Waals surface area (Å²) in [4.78, 5) is 2.05. The van der Waals surface area contributed by atoms with Crippen LogP contribution in [0.3, 0.4) is 0 Å². The average molecular weight is 345 g/mol. The van der Waals surface area contributed by atoms with E-state index in [4.69, 9.17) is 28.6 Å². The van der Waals surface area contributed by atoms with Crippen molar-refractivity contribution in [3.8, 4) is 5.75 Å². The SMILES string of the molecule is Cc1cccc(N2C(=S)N[C@H]3C[C@@]2(C)Oc2c(Cl)cccc23)c1. The van der Waals surface area contributed by atoms with Crippen LogP contribution in [0.5, 0.6) is 5.75 Å². The standard InChI is InChI=1S/C18H17ClN2OS/c1-11-5-3-6-12(9-11)21-17(23)20-15-10-18(21,2)22-16-13(15)7-4-8-14(16)19/h3-9,15H,10H2,1-2H3,(H,20,23)/t15-,18+/m0/s1. The first-order valence-corrected chi connectivity index (χ1v) is 8.41. The smallest absolute Gasteiger partial charge is 0.188 e. The molecule has 23 heavy (non-hydrogen) atoms. The number of nitrogens with zero attached hydrogens (tertiary/aromatic N) is 1. The quantitative estimate of drug-likeness (QED) is 0.765. The lowest BCUT2D eigenvalue weighted by molar-refractivity contribution is 0.0499. The molecule has 0 amide bonds. The molecule has 118 valence electrons. The van der Waals surface area contributed by atoms with Crippen molar-refractivity contribution in [2.45, 2.75) is 32.0 Å². The summed E-state index contributed by atoms with van der Waals surface area (Å²) in [7, 11) is 0. The molecular formula is C18H17ClN2OS. The topological polar surface area (TPSA) is 24.5 Å². The minimum Gasteiger partial charge on any atom is -0.466 e. The summed E-state index contributed by atoms with van der Waals surface area (Å²) in [5.41, 5.74) is 2.73. The molecule has 2 heterocycles. The monoisotopic (exact) mass is 344 g/mol. The molecular weight excluding hydrogens is 328 g/mol. The van der Waals surface area contributed by atoms with Gasteiger partial charge < -0.3 is 10.1 Å². The van der Waals surface area contributed by atoms with Crippen LogP contribution < -0.4 is 15.0 Å². The van der Waals surface area contributed by atoms with E-state index in [9.17, 15) is 0 Å². The summed E-state index contributed by atoms with van der Waals surface area (Å²) >= 11 is 12.0. The Bertz CT molecular complexity index is 809. The van der Waals surface area contributed by atoms with E-state index in [0.29, 0.717) is 10.1 Å². The summed E-state index contributed by atoms with van der Waals surface area (Å²) in [6.45, 7) is 4.14. The highest BCUT2D eigenvalue weighted by molar-refractivity contribution is 7.80. The zero-order chi connectivity index (χ0) is 16.2. The number of nitrogens with one attached hydrogen (secondary N) is 1. The van der Waals surface area contributed by atoms with Gasteiger partial charge in [-0.15, -0.1) is 0 Å². The van der Waals surface area contributed by atoms with Crippen molar-refractivity contribution >= 4 is 34.6 Å². The molecule has 1 fully saturated rings. The average Bonchev–Trinajstić information content (AvgIpc) is 2.48. The molecule has 0 radical (unpaired) electrons. The summed E-state index contributed by atoms with van der Waals surface area (Å²) in [6, 6.07) is 14.3. The first kappa shape index (κ1) is 14.8. The number of fused-ring (bicyclic) bond motifs is 4. The molecule has 1 N–H and O–H groups in total. The van der Waals surface area contributed by atoms with Gasteiger partial charge in [0.2, 0.25) is 0 Å². The predicted molar refractivity (Wildman–Crippen MR) is 97.2 cm³/mol. The Morgan fingerprint density at radius 3 is 2.87 bits per heavy atom. The molecule has 2 aliphatic heterocycles. The molecule has 0 saturated carbocycles. The molecule has 5 heteroatoms. The molecule has 2 aromatic rings. The largest absolute Gasteiger partial charge is 0.466 e. The molecule has 0 aromatic heterocycles. The highest BCUT2D eigenvalue weighted by Crippen LogP contribution is 2.48. The van der Waals surface area contributed by atoms with E-state index in [1.54, 1.807) is 0 Å². The van der Waals surface area contributed by atoms with Gasteiger partial charge >= 0.3 is 0 Å². The van der Waals surface area contributed by atoms with Gasteiger partial charge in [-0.2, -0.15) is 0 Å². The van der Waals surface area contributed by atoms with Crippen molar-refractivity contribution in [1.29, 1.82) is 0 Å². The van der Waals surface area contributed by atoms with E-state index in [-0.39, 0.29) is 6.04 Å². The normalized spacial score (nSPS) is 25.4. The maximum absolute atomic E-state index is 6.37. The maximum atomic E-state index is 6.37. The molecule has 0 aliphatic carbocycles. The second-order valence-electron chi connectivity index (χ2n) is 6.32. The minimum absolute atomic E-state index is 0.121. The number of aryl methyl sites for hydroxylation is 1. The summed E-state index contributed by atoms with van der Waals surface area (Å²) < 4.78 is 6.36. The highest BCUT2D eigenvalue weighted by Gasteiger charge is 2.48. The van der Waals surface area contributed by atoms with Crippen molar-refractivity contribution in [3.05, 3.63) is 58.6 Å². The van der Waals surface area contributed by atoms with Crippen molar-refractivity contribution in [2.24, 2.45) is 0 Å². The van der Waals surface area contributed by atoms with Gasteiger partial charge in [-0.05, 0) is 49.8 Å².